The molecule has 1 nitrogen and oxygen atoms in total. The van der Waals surface area contributed by atoms with Gasteiger partial charge in [-0.3, -0.25) is 0 Å². The Morgan fingerprint density at radius 1 is 1.17 bits per heavy atom. The molecule has 1 heteroatoms. The molecule has 0 saturated heterocycles. The lowest BCUT2D eigenvalue weighted by molar-refractivity contribution is 0.511. The minimum absolute atomic E-state index is 0.268. The third kappa shape index (κ3) is 1.79. The molecule has 0 aliphatic rings. The lowest BCUT2D eigenvalue weighted by Crippen LogP contribution is -2.13. The average molecular weight is 160 g/mol. The summed E-state index contributed by atoms with van der Waals surface area (Å²) in [6, 6.07) is 9.91. The van der Waals surface area contributed by atoms with Gasteiger partial charge in [0.05, 0.1) is 5.41 Å². The normalized spacial score (nSPS) is 10.2. The standard InChI is InChI=1S/C11H12O/c1-11(2,8-9-12)10-6-4-3-5-7-10/h3-7,12H,1-2H3. The molecule has 0 amide bonds. The average Bonchev–Trinajstić information content (AvgIpc) is 2.06. The van der Waals surface area contributed by atoms with E-state index in [-0.39, 0.29) is 5.41 Å². The molecule has 0 aliphatic carbocycles. The van der Waals surface area contributed by atoms with Crippen molar-refractivity contribution in [1.29, 1.82) is 0 Å². The van der Waals surface area contributed by atoms with Crippen molar-refractivity contribution in [3.05, 3.63) is 35.9 Å². The summed E-state index contributed by atoms with van der Waals surface area (Å²) >= 11 is 0. The van der Waals surface area contributed by atoms with Crippen LogP contribution in [0.15, 0.2) is 30.3 Å². The Hall–Kier alpha value is -1.42. The van der Waals surface area contributed by atoms with Crippen molar-refractivity contribution in [3.8, 4) is 12.0 Å². The zero-order valence-corrected chi connectivity index (χ0v) is 7.33. The second-order valence-electron chi connectivity index (χ2n) is 3.23. The van der Waals surface area contributed by atoms with Crippen LogP contribution in [0.25, 0.3) is 0 Å². The summed E-state index contributed by atoms with van der Waals surface area (Å²) in [6.07, 6.45) is 1.96. The molecule has 0 aliphatic heterocycles. The third-order valence-electron chi connectivity index (χ3n) is 1.86. The van der Waals surface area contributed by atoms with Crippen LogP contribution < -0.4 is 0 Å². The molecule has 0 heterocycles. The van der Waals surface area contributed by atoms with Crippen LogP contribution in [-0.2, 0) is 5.41 Å². The van der Waals surface area contributed by atoms with Gasteiger partial charge in [0.15, 0.2) is 0 Å². The van der Waals surface area contributed by atoms with Gasteiger partial charge in [0.2, 0.25) is 0 Å². The first-order valence-corrected chi connectivity index (χ1v) is 3.88. The number of aliphatic hydroxyl groups excluding tert-OH is 1. The van der Waals surface area contributed by atoms with Crippen LogP contribution in [0.3, 0.4) is 0 Å². The maximum absolute atomic E-state index is 8.50. The van der Waals surface area contributed by atoms with Crippen molar-refractivity contribution in [1.82, 2.24) is 0 Å². The number of benzene rings is 1. The number of aliphatic hydroxyl groups is 1. The van der Waals surface area contributed by atoms with E-state index in [0.29, 0.717) is 0 Å². The topological polar surface area (TPSA) is 20.2 Å². The van der Waals surface area contributed by atoms with Crippen LogP contribution in [0.2, 0.25) is 0 Å². The Balaban J connectivity index is 3.03. The van der Waals surface area contributed by atoms with Gasteiger partial charge in [0.25, 0.3) is 0 Å². The molecule has 1 rings (SSSR count). The van der Waals surface area contributed by atoms with Crippen LogP contribution in [-0.4, -0.2) is 5.11 Å². The minimum atomic E-state index is -0.268. The van der Waals surface area contributed by atoms with Crippen molar-refractivity contribution in [2.45, 2.75) is 19.3 Å². The van der Waals surface area contributed by atoms with Crippen LogP contribution in [0, 0.1) is 12.0 Å². The molecule has 0 fully saturated rings. The fourth-order valence-corrected chi connectivity index (χ4v) is 1.07. The highest BCUT2D eigenvalue weighted by Gasteiger charge is 2.16. The van der Waals surface area contributed by atoms with E-state index in [1.165, 1.54) is 0 Å². The molecule has 1 aromatic carbocycles. The molecule has 0 spiro atoms. The molecular weight excluding hydrogens is 148 g/mol. The Morgan fingerprint density at radius 3 is 2.25 bits per heavy atom. The molecule has 1 N–H and O–H groups in total. The summed E-state index contributed by atoms with van der Waals surface area (Å²) < 4.78 is 0. The minimum Gasteiger partial charge on any atom is -0.462 e. The van der Waals surface area contributed by atoms with Crippen LogP contribution in [0.4, 0.5) is 0 Å². The smallest absolute Gasteiger partial charge is 0.108 e. The first-order chi connectivity index (χ1) is 5.67. The highest BCUT2D eigenvalue weighted by Crippen LogP contribution is 2.21. The van der Waals surface area contributed by atoms with Crippen molar-refractivity contribution in [2.75, 3.05) is 0 Å². The third-order valence-corrected chi connectivity index (χ3v) is 1.86. The van der Waals surface area contributed by atoms with E-state index in [1.54, 1.807) is 0 Å². The van der Waals surface area contributed by atoms with E-state index in [0.717, 1.165) is 5.56 Å². The molecule has 62 valence electrons. The molecule has 0 saturated carbocycles. The van der Waals surface area contributed by atoms with E-state index in [4.69, 9.17) is 5.11 Å². The van der Waals surface area contributed by atoms with Gasteiger partial charge in [-0.25, -0.2) is 0 Å². The van der Waals surface area contributed by atoms with Crippen molar-refractivity contribution < 1.29 is 5.11 Å². The Kier molecular flexibility index (Phi) is 2.40. The molecule has 0 radical (unpaired) electrons. The molecule has 0 unspecified atom stereocenters. The van der Waals surface area contributed by atoms with Crippen molar-refractivity contribution in [2.24, 2.45) is 0 Å². The number of rotatable bonds is 1. The zero-order chi connectivity index (χ0) is 9.03. The van der Waals surface area contributed by atoms with Gasteiger partial charge in [-0.1, -0.05) is 30.3 Å². The van der Waals surface area contributed by atoms with E-state index < -0.39 is 0 Å². The van der Waals surface area contributed by atoms with Gasteiger partial charge in [-0.15, -0.1) is 0 Å². The summed E-state index contributed by atoms with van der Waals surface area (Å²) in [5.74, 6) is 2.74. The summed E-state index contributed by atoms with van der Waals surface area (Å²) in [5, 5.41) is 8.50. The highest BCUT2D eigenvalue weighted by molar-refractivity contribution is 5.32. The van der Waals surface area contributed by atoms with Crippen molar-refractivity contribution >= 4 is 0 Å². The fourth-order valence-electron chi connectivity index (χ4n) is 1.07. The molecule has 12 heavy (non-hydrogen) atoms. The lowest BCUT2D eigenvalue weighted by Gasteiger charge is -2.16. The summed E-state index contributed by atoms with van der Waals surface area (Å²) in [5.41, 5.74) is 0.849. The van der Waals surface area contributed by atoms with Crippen LogP contribution in [0.1, 0.15) is 19.4 Å². The molecular formula is C11H12O. The predicted molar refractivity (Wildman–Crippen MR) is 49.2 cm³/mol. The summed E-state index contributed by atoms with van der Waals surface area (Å²) in [4.78, 5) is 0. The van der Waals surface area contributed by atoms with E-state index in [1.807, 2.05) is 50.3 Å². The Morgan fingerprint density at radius 2 is 1.75 bits per heavy atom. The van der Waals surface area contributed by atoms with E-state index >= 15 is 0 Å². The van der Waals surface area contributed by atoms with Gasteiger partial charge in [-0.2, -0.15) is 0 Å². The first-order valence-electron chi connectivity index (χ1n) is 3.88. The maximum atomic E-state index is 8.50. The van der Waals surface area contributed by atoms with Gasteiger partial charge >= 0.3 is 0 Å². The van der Waals surface area contributed by atoms with Gasteiger partial charge in [0, 0.05) is 0 Å². The van der Waals surface area contributed by atoms with Gasteiger partial charge in [-0.05, 0) is 25.3 Å². The Bertz CT molecular complexity index is 301. The summed E-state index contributed by atoms with van der Waals surface area (Å²) in [6.45, 7) is 3.96. The SMILES string of the molecule is CC(C)(C#CO)c1ccccc1. The predicted octanol–water partition coefficient (Wildman–Crippen LogP) is 2.30. The zero-order valence-electron chi connectivity index (χ0n) is 7.33. The second-order valence-corrected chi connectivity index (χ2v) is 3.23. The summed E-state index contributed by atoms with van der Waals surface area (Å²) in [7, 11) is 0. The largest absolute Gasteiger partial charge is 0.462 e. The van der Waals surface area contributed by atoms with Crippen LogP contribution >= 0.6 is 0 Å². The maximum Gasteiger partial charge on any atom is 0.108 e. The van der Waals surface area contributed by atoms with Gasteiger partial charge in [0.1, 0.15) is 6.11 Å². The van der Waals surface area contributed by atoms with Crippen LogP contribution in [0.5, 0.6) is 0 Å². The fraction of sp³-hybridized carbons (Fsp3) is 0.273. The van der Waals surface area contributed by atoms with E-state index in [9.17, 15) is 0 Å². The Labute approximate surface area is 73.0 Å². The monoisotopic (exact) mass is 160 g/mol. The number of hydrogen-bond acceptors (Lipinski definition) is 1. The second kappa shape index (κ2) is 3.32. The molecule has 1 aromatic rings. The van der Waals surface area contributed by atoms with E-state index in [2.05, 4.69) is 5.92 Å². The molecule has 0 bridgehead atoms. The molecule has 0 aromatic heterocycles. The molecule has 0 atom stereocenters. The first kappa shape index (κ1) is 8.67. The number of hydrogen-bond donors (Lipinski definition) is 1. The van der Waals surface area contributed by atoms with Crippen molar-refractivity contribution in [3.63, 3.8) is 0 Å². The van der Waals surface area contributed by atoms with Gasteiger partial charge < -0.3 is 5.11 Å². The quantitative estimate of drug-likeness (QED) is 0.625. The highest BCUT2D eigenvalue weighted by atomic mass is 16.2. The lowest BCUT2D eigenvalue weighted by atomic mass is 9.86.